The highest BCUT2D eigenvalue weighted by Gasteiger charge is 2.36. The van der Waals surface area contributed by atoms with Crippen LogP contribution in [0.4, 0.5) is 0 Å². The fourth-order valence-corrected chi connectivity index (χ4v) is 6.53. The number of ether oxygens (including phenoxy) is 3. The van der Waals surface area contributed by atoms with Gasteiger partial charge >= 0.3 is 8.80 Å². The minimum absolute atomic E-state index is 0.162. The molecule has 1 unspecified atom stereocenters. The number of nitrogens with zero attached hydrogens (tertiary/aromatic N) is 3. The second kappa shape index (κ2) is 14.1. The van der Waals surface area contributed by atoms with Gasteiger partial charge in [-0.3, -0.25) is 9.97 Å². The first kappa shape index (κ1) is 30.0. The van der Waals surface area contributed by atoms with Gasteiger partial charge in [0.15, 0.2) is 0 Å². The number of hydrogen-bond acceptors (Lipinski definition) is 10. The summed E-state index contributed by atoms with van der Waals surface area (Å²) in [5.41, 5.74) is 4.43. The highest BCUT2D eigenvalue weighted by molar-refractivity contribution is 6.60. The van der Waals surface area contributed by atoms with Crippen LogP contribution in [0, 0.1) is 0 Å². The van der Waals surface area contributed by atoms with Crippen LogP contribution in [0.15, 0.2) is 60.9 Å². The molecule has 222 valence electrons. The molecule has 0 fully saturated rings. The summed E-state index contributed by atoms with van der Waals surface area (Å²) >= 11 is 0. The van der Waals surface area contributed by atoms with Crippen molar-refractivity contribution in [3.63, 3.8) is 0 Å². The van der Waals surface area contributed by atoms with E-state index in [-0.39, 0.29) is 13.2 Å². The zero-order chi connectivity index (χ0) is 29.4. The van der Waals surface area contributed by atoms with Crippen LogP contribution >= 0.6 is 0 Å². The number of fused-ring (bicyclic) bond motifs is 6. The van der Waals surface area contributed by atoms with Crippen LogP contribution in [0.1, 0.15) is 6.42 Å². The third kappa shape index (κ3) is 6.76. The van der Waals surface area contributed by atoms with Crippen molar-refractivity contribution in [2.24, 2.45) is 0 Å². The fourth-order valence-electron chi connectivity index (χ4n) is 4.84. The fraction of sp³-hybridized carbons (Fsp3) is 0.367. The molecule has 5 aromatic rings. The van der Waals surface area contributed by atoms with E-state index in [1.54, 1.807) is 33.7 Å². The quantitative estimate of drug-likeness (QED) is 0.0968. The third-order valence-corrected chi connectivity index (χ3v) is 9.85. The number of rotatable bonds is 16. The lowest BCUT2D eigenvalue weighted by molar-refractivity contribution is -0.0239. The van der Waals surface area contributed by atoms with E-state index in [0.29, 0.717) is 32.3 Å². The normalized spacial score (nSPS) is 12.9. The second-order valence-corrected chi connectivity index (χ2v) is 12.8. The number of imidazole rings is 1. The highest BCUT2D eigenvalue weighted by Crippen LogP contribution is 2.33. The first-order valence-corrected chi connectivity index (χ1v) is 15.7. The van der Waals surface area contributed by atoms with Gasteiger partial charge in [-0.15, -0.1) is 0 Å². The molecular formula is C30H36N4O7Si. The summed E-state index contributed by atoms with van der Waals surface area (Å²) in [6, 6.07) is 16.3. The maximum atomic E-state index is 10.1. The predicted octanol–water partition coefficient (Wildman–Crippen LogP) is 4.37. The van der Waals surface area contributed by atoms with Crippen molar-refractivity contribution in [2.75, 3.05) is 54.4 Å². The molecule has 0 bridgehead atoms. The van der Waals surface area contributed by atoms with Gasteiger partial charge in [0.1, 0.15) is 24.3 Å². The average molecular weight is 593 g/mol. The van der Waals surface area contributed by atoms with Gasteiger partial charge in [-0.05, 0) is 55.0 Å². The van der Waals surface area contributed by atoms with E-state index in [9.17, 15) is 5.11 Å². The molecule has 2 N–H and O–H groups in total. The molecule has 3 heterocycles. The van der Waals surface area contributed by atoms with Crippen LogP contribution in [0.5, 0.6) is 5.75 Å². The van der Waals surface area contributed by atoms with Crippen LogP contribution in [0.25, 0.3) is 44.2 Å². The number of nitrogens with one attached hydrogen (secondary N) is 1. The molecule has 5 rings (SSSR count). The minimum Gasteiger partial charge on any atom is -0.491 e. The molecule has 42 heavy (non-hydrogen) atoms. The number of aromatic amines is 1. The first-order valence-electron chi connectivity index (χ1n) is 13.8. The summed E-state index contributed by atoms with van der Waals surface area (Å²) < 4.78 is 33.1. The Morgan fingerprint density at radius 1 is 0.786 bits per heavy atom. The first-order chi connectivity index (χ1) is 20.6. The third-order valence-electron chi connectivity index (χ3n) is 7.02. The van der Waals surface area contributed by atoms with E-state index in [2.05, 4.69) is 15.0 Å². The molecule has 0 amide bonds. The molecule has 0 aliphatic carbocycles. The van der Waals surface area contributed by atoms with Gasteiger partial charge in [-0.2, -0.15) is 0 Å². The minimum atomic E-state index is -2.59. The highest BCUT2D eigenvalue weighted by atomic mass is 28.4. The Morgan fingerprint density at radius 2 is 1.43 bits per heavy atom. The Labute approximate surface area is 245 Å². The lowest BCUT2D eigenvalue weighted by Crippen LogP contribution is -2.42. The van der Waals surface area contributed by atoms with Gasteiger partial charge in [0.2, 0.25) is 0 Å². The SMILES string of the molecule is CO[Si](CCCOCC(O)COCCOc1ccc(-c2nc3c4cccnc4c4ncccc4c3[nH]2)cc1)(OC)OC. The van der Waals surface area contributed by atoms with E-state index in [1.807, 2.05) is 48.5 Å². The van der Waals surface area contributed by atoms with E-state index >= 15 is 0 Å². The van der Waals surface area contributed by atoms with Crippen LogP contribution in [-0.2, 0) is 22.8 Å². The van der Waals surface area contributed by atoms with E-state index < -0.39 is 14.9 Å². The Hall–Kier alpha value is -3.49. The molecule has 0 aliphatic rings. The molecule has 0 aliphatic heterocycles. The Morgan fingerprint density at radius 3 is 2.12 bits per heavy atom. The zero-order valence-electron chi connectivity index (χ0n) is 24.0. The molecule has 11 nitrogen and oxygen atoms in total. The summed E-state index contributed by atoms with van der Waals surface area (Å²) in [6.07, 6.45) is 3.55. The van der Waals surface area contributed by atoms with E-state index in [1.165, 1.54) is 0 Å². The second-order valence-electron chi connectivity index (χ2n) is 9.68. The van der Waals surface area contributed by atoms with Gasteiger partial charge in [0, 0.05) is 62.7 Å². The maximum absolute atomic E-state index is 10.1. The van der Waals surface area contributed by atoms with Crippen LogP contribution in [0.2, 0.25) is 6.04 Å². The Bertz CT molecular complexity index is 1510. The molecule has 1 atom stereocenters. The Balaban J connectivity index is 1.08. The van der Waals surface area contributed by atoms with Gasteiger partial charge in [-0.25, -0.2) is 4.98 Å². The summed E-state index contributed by atoms with van der Waals surface area (Å²) in [5.74, 6) is 1.48. The van der Waals surface area contributed by atoms with Crippen LogP contribution in [0.3, 0.4) is 0 Å². The maximum Gasteiger partial charge on any atom is 0.500 e. The zero-order valence-corrected chi connectivity index (χ0v) is 25.0. The number of benzene rings is 2. The summed E-state index contributed by atoms with van der Waals surface area (Å²) in [5, 5.41) is 12.0. The van der Waals surface area contributed by atoms with Crippen molar-refractivity contribution in [3.05, 3.63) is 60.9 Å². The van der Waals surface area contributed by atoms with Gasteiger partial charge in [0.25, 0.3) is 0 Å². The standard InChI is InChI=1S/C30H36N4O7Si/c1-36-42(37-2,38-3)18-6-15-39-19-22(35)20-40-16-17-41-23-11-9-21(10-12-23)30-33-28-24-7-4-13-31-26(24)27-25(29(28)34-30)8-5-14-32-27/h4-5,7-14,22,35H,6,15-20H2,1-3H3,(H,33,34). The summed E-state index contributed by atoms with van der Waals surface area (Å²) in [7, 11) is 2.17. The van der Waals surface area contributed by atoms with E-state index in [0.717, 1.165) is 50.0 Å². The number of pyridine rings is 2. The molecule has 0 saturated carbocycles. The molecule has 2 aromatic carbocycles. The number of hydrogen-bond donors (Lipinski definition) is 2. The molecule has 0 spiro atoms. The van der Waals surface area contributed by atoms with Crippen molar-refractivity contribution in [2.45, 2.75) is 18.6 Å². The van der Waals surface area contributed by atoms with Gasteiger partial charge in [-0.1, -0.05) is 0 Å². The van der Waals surface area contributed by atoms with Crippen molar-refractivity contribution in [3.8, 4) is 17.1 Å². The molecular weight excluding hydrogens is 556 g/mol. The largest absolute Gasteiger partial charge is 0.500 e. The number of aromatic nitrogens is 4. The topological polar surface area (TPSA) is 130 Å². The smallest absolute Gasteiger partial charge is 0.491 e. The monoisotopic (exact) mass is 592 g/mol. The average Bonchev–Trinajstić information content (AvgIpc) is 3.50. The summed E-state index contributed by atoms with van der Waals surface area (Å²) in [6.45, 7) is 1.51. The lowest BCUT2D eigenvalue weighted by Gasteiger charge is -2.24. The van der Waals surface area contributed by atoms with Crippen molar-refractivity contribution in [1.82, 2.24) is 19.9 Å². The van der Waals surface area contributed by atoms with Crippen molar-refractivity contribution < 1.29 is 32.6 Å². The molecule has 12 heteroatoms. The van der Waals surface area contributed by atoms with Crippen LogP contribution < -0.4 is 4.74 Å². The van der Waals surface area contributed by atoms with Gasteiger partial charge in [0.05, 0.1) is 41.9 Å². The van der Waals surface area contributed by atoms with E-state index in [4.69, 9.17) is 32.5 Å². The molecule has 3 aromatic heterocycles. The predicted molar refractivity (Wildman–Crippen MR) is 161 cm³/mol. The number of aliphatic hydroxyl groups excluding tert-OH is 1. The van der Waals surface area contributed by atoms with Crippen LogP contribution in [-0.4, -0.2) is 94.3 Å². The molecule has 0 radical (unpaired) electrons. The number of aliphatic hydroxyl groups is 1. The number of H-pyrrole nitrogens is 1. The molecule has 0 saturated heterocycles. The Kier molecular flexibility index (Phi) is 10.1. The van der Waals surface area contributed by atoms with Crippen molar-refractivity contribution in [1.29, 1.82) is 0 Å². The van der Waals surface area contributed by atoms with Crippen molar-refractivity contribution >= 4 is 41.6 Å². The van der Waals surface area contributed by atoms with Gasteiger partial charge < -0.3 is 37.6 Å². The summed E-state index contributed by atoms with van der Waals surface area (Å²) in [4.78, 5) is 17.5. The lowest BCUT2D eigenvalue weighted by atomic mass is 10.1.